The van der Waals surface area contributed by atoms with Crippen LogP contribution in [0.4, 0.5) is 0 Å². The highest BCUT2D eigenvalue weighted by Gasteiger charge is 2.25. The Kier molecular flexibility index (Phi) is 9.57. The van der Waals surface area contributed by atoms with Gasteiger partial charge in [0.2, 0.25) is 10.0 Å². The van der Waals surface area contributed by atoms with Crippen molar-refractivity contribution in [2.45, 2.75) is 26.1 Å². The zero-order valence-electron chi connectivity index (χ0n) is 14.6. The van der Waals surface area contributed by atoms with Crippen LogP contribution < -0.4 is 0 Å². The number of nitrogens with zero attached hydrogens (tertiary/aromatic N) is 1. The summed E-state index contributed by atoms with van der Waals surface area (Å²) in [6, 6.07) is 0. The predicted molar refractivity (Wildman–Crippen MR) is 90.0 cm³/mol. The Labute approximate surface area is 147 Å². The van der Waals surface area contributed by atoms with Crippen LogP contribution in [0.2, 0.25) is 0 Å². The third-order valence-corrected chi connectivity index (χ3v) is 4.04. The molecule has 0 aliphatic carbocycles. The van der Waals surface area contributed by atoms with Crippen LogP contribution in [0, 0.1) is 0 Å². The van der Waals surface area contributed by atoms with Gasteiger partial charge in [0.05, 0.1) is 6.26 Å². The molecule has 0 rings (SSSR count). The molecule has 0 aliphatic rings. The lowest BCUT2D eigenvalue weighted by atomic mass is 10.3. The summed E-state index contributed by atoms with van der Waals surface area (Å²) in [6.45, 7) is 7.93. The van der Waals surface area contributed by atoms with Crippen LogP contribution in [0.15, 0.2) is 24.3 Å². The number of hydrogen-bond acceptors (Lipinski definition) is 8. The van der Waals surface area contributed by atoms with Gasteiger partial charge in [0, 0.05) is 24.2 Å². The van der Waals surface area contributed by atoms with E-state index in [1.54, 1.807) is 0 Å². The fraction of sp³-hybridized carbons (Fsp3) is 0.600. The molecule has 0 bridgehead atoms. The number of carbonyl (C=O) groups excluding carboxylic acids is 2. The van der Waals surface area contributed by atoms with Gasteiger partial charge < -0.3 is 19.7 Å². The fourth-order valence-corrected chi connectivity index (χ4v) is 2.40. The molecule has 0 fully saturated rings. The molecule has 2 N–H and O–H groups in total. The van der Waals surface area contributed by atoms with E-state index >= 15 is 0 Å². The highest BCUT2D eigenvalue weighted by molar-refractivity contribution is 7.88. The molecule has 0 aliphatic heterocycles. The maximum absolute atomic E-state index is 11.8. The number of ether oxygens (including phenoxy) is 2. The average molecular weight is 379 g/mol. The second-order valence-electron chi connectivity index (χ2n) is 5.65. The second kappa shape index (κ2) is 10.3. The van der Waals surface area contributed by atoms with Crippen LogP contribution in [0.5, 0.6) is 0 Å². The lowest BCUT2D eigenvalue weighted by molar-refractivity contribution is -0.142. The molecule has 2 atom stereocenters. The quantitative estimate of drug-likeness (QED) is 0.353. The van der Waals surface area contributed by atoms with Crippen molar-refractivity contribution in [2.75, 3.05) is 32.6 Å². The van der Waals surface area contributed by atoms with E-state index in [0.717, 1.165) is 10.6 Å². The predicted octanol–water partition coefficient (Wildman–Crippen LogP) is -0.792. The van der Waals surface area contributed by atoms with Crippen LogP contribution in [-0.2, 0) is 29.1 Å². The van der Waals surface area contributed by atoms with Crippen LogP contribution in [0.25, 0.3) is 0 Å². The Hall–Kier alpha value is -1.75. The highest BCUT2D eigenvalue weighted by Crippen LogP contribution is 2.05. The topological polar surface area (TPSA) is 130 Å². The molecule has 0 saturated heterocycles. The third kappa shape index (κ3) is 9.97. The van der Waals surface area contributed by atoms with Crippen molar-refractivity contribution >= 4 is 22.0 Å². The first-order valence-electron chi connectivity index (χ1n) is 7.31. The SMILES string of the molecule is C=C(C)C(=O)OCC(O)CN(CC(O)COC(=O)C(=C)C)S(C)(=O)=O. The van der Waals surface area contributed by atoms with Gasteiger partial charge in [-0.05, 0) is 13.8 Å². The molecule has 25 heavy (non-hydrogen) atoms. The summed E-state index contributed by atoms with van der Waals surface area (Å²) in [5.74, 6) is -1.42. The summed E-state index contributed by atoms with van der Waals surface area (Å²) in [7, 11) is -3.77. The van der Waals surface area contributed by atoms with Crippen LogP contribution in [-0.4, -0.2) is 79.6 Å². The molecular formula is C15H25NO8S. The number of sulfonamides is 1. The number of hydrogen-bond donors (Lipinski definition) is 2. The molecule has 144 valence electrons. The van der Waals surface area contributed by atoms with Crippen LogP contribution in [0.1, 0.15) is 13.8 Å². The van der Waals surface area contributed by atoms with Gasteiger partial charge in [0.25, 0.3) is 0 Å². The van der Waals surface area contributed by atoms with Crippen molar-refractivity contribution in [3.63, 3.8) is 0 Å². The zero-order chi connectivity index (χ0) is 19.8. The Bertz CT molecular complexity index is 575. The first-order chi connectivity index (χ1) is 11.3. The summed E-state index contributed by atoms with van der Waals surface area (Å²) in [5, 5.41) is 19.7. The molecule has 0 heterocycles. The molecule has 10 heteroatoms. The van der Waals surface area contributed by atoms with Crippen molar-refractivity contribution < 1.29 is 37.7 Å². The third-order valence-electron chi connectivity index (χ3n) is 2.81. The van der Waals surface area contributed by atoms with E-state index in [2.05, 4.69) is 13.2 Å². The van der Waals surface area contributed by atoms with E-state index < -0.39 is 60.5 Å². The summed E-state index contributed by atoms with van der Waals surface area (Å²) >= 11 is 0. The van der Waals surface area contributed by atoms with E-state index in [0.29, 0.717) is 0 Å². The lowest BCUT2D eigenvalue weighted by Gasteiger charge is -2.25. The molecule has 0 aromatic rings. The number of rotatable bonds is 11. The Morgan fingerprint density at radius 3 is 1.52 bits per heavy atom. The first kappa shape index (κ1) is 23.2. The molecule has 0 spiro atoms. The highest BCUT2D eigenvalue weighted by atomic mass is 32.2. The van der Waals surface area contributed by atoms with Gasteiger partial charge >= 0.3 is 11.9 Å². The summed E-state index contributed by atoms with van der Waals surface area (Å²) < 4.78 is 33.8. The van der Waals surface area contributed by atoms with Crippen LogP contribution >= 0.6 is 0 Å². The Morgan fingerprint density at radius 1 is 0.960 bits per heavy atom. The van der Waals surface area contributed by atoms with E-state index in [1.807, 2.05) is 0 Å². The number of aliphatic hydroxyl groups is 2. The van der Waals surface area contributed by atoms with Gasteiger partial charge in [0.1, 0.15) is 25.4 Å². The van der Waals surface area contributed by atoms with Gasteiger partial charge in [-0.25, -0.2) is 18.0 Å². The molecule has 0 aromatic carbocycles. The van der Waals surface area contributed by atoms with E-state index in [-0.39, 0.29) is 11.1 Å². The summed E-state index contributed by atoms with van der Waals surface area (Å²) in [4.78, 5) is 22.5. The maximum Gasteiger partial charge on any atom is 0.333 e. The minimum Gasteiger partial charge on any atom is -0.460 e. The van der Waals surface area contributed by atoms with Crippen molar-refractivity contribution in [3.8, 4) is 0 Å². The Balaban J connectivity index is 4.65. The van der Waals surface area contributed by atoms with Gasteiger partial charge in [-0.1, -0.05) is 13.2 Å². The largest absolute Gasteiger partial charge is 0.460 e. The maximum atomic E-state index is 11.8. The van der Waals surface area contributed by atoms with Gasteiger partial charge in [0.15, 0.2) is 0 Å². The molecule has 2 unspecified atom stereocenters. The molecule has 0 amide bonds. The number of aliphatic hydroxyl groups excluding tert-OH is 2. The normalized spacial score (nSPS) is 13.8. The molecule has 0 saturated carbocycles. The Morgan fingerprint density at radius 2 is 1.28 bits per heavy atom. The minimum absolute atomic E-state index is 0.141. The zero-order valence-corrected chi connectivity index (χ0v) is 15.4. The van der Waals surface area contributed by atoms with Crippen LogP contribution in [0.3, 0.4) is 0 Å². The molecule has 0 aromatic heterocycles. The summed E-state index contributed by atoms with van der Waals surface area (Å²) in [6.07, 6.45) is -1.71. The minimum atomic E-state index is -3.77. The smallest absolute Gasteiger partial charge is 0.333 e. The molecule has 0 radical (unpaired) electrons. The standard InChI is InChI=1S/C15H25NO8S/c1-10(2)14(19)23-8-12(17)6-16(25(5,21)22)7-13(18)9-24-15(20)11(3)4/h12-13,17-18H,1,3,6-9H2,2,4-5H3. The number of carbonyl (C=O) groups is 2. The van der Waals surface area contributed by atoms with Gasteiger partial charge in [-0.15, -0.1) is 0 Å². The van der Waals surface area contributed by atoms with Gasteiger partial charge in [-0.2, -0.15) is 4.31 Å². The van der Waals surface area contributed by atoms with Gasteiger partial charge in [-0.3, -0.25) is 0 Å². The first-order valence-corrected chi connectivity index (χ1v) is 9.16. The fourth-order valence-electron chi connectivity index (χ4n) is 1.51. The second-order valence-corrected chi connectivity index (χ2v) is 7.63. The van der Waals surface area contributed by atoms with E-state index in [9.17, 15) is 28.2 Å². The molecular weight excluding hydrogens is 354 g/mol. The summed E-state index contributed by atoms with van der Waals surface area (Å²) in [5.41, 5.74) is 0.281. The average Bonchev–Trinajstić information content (AvgIpc) is 2.48. The van der Waals surface area contributed by atoms with Crippen molar-refractivity contribution in [1.29, 1.82) is 0 Å². The van der Waals surface area contributed by atoms with E-state index in [1.165, 1.54) is 13.8 Å². The van der Waals surface area contributed by atoms with Crippen molar-refractivity contribution in [1.82, 2.24) is 4.31 Å². The number of esters is 2. The molecule has 9 nitrogen and oxygen atoms in total. The lowest BCUT2D eigenvalue weighted by Crippen LogP contribution is -2.44. The van der Waals surface area contributed by atoms with Crippen molar-refractivity contribution in [3.05, 3.63) is 24.3 Å². The van der Waals surface area contributed by atoms with Crippen molar-refractivity contribution in [2.24, 2.45) is 0 Å². The van der Waals surface area contributed by atoms with E-state index in [4.69, 9.17) is 9.47 Å². The monoisotopic (exact) mass is 379 g/mol.